The van der Waals surface area contributed by atoms with Gasteiger partial charge in [0.15, 0.2) is 11.9 Å². The number of aromatic nitrogens is 1. The Morgan fingerprint density at radius 2 is 1.61 bits per heavy atom. The van der Waals surface area contributed by atoms with Crippen LogP contribution in [0.2, 0.25) is 0 Å². The molecule has 0 saturated carbocycles. The van der Waals surface area contributed by atoms with Gasteiger partial charge in [-0.3, -0.25) is 4.79 Å². The molecule has 1 aromatic heterocycles. The molecule has 0 radical (unpaired) electrons. The molecule has 3 aromatic rings. The molecule has 0 atom stereocenters. The molecule has 0 bridgehead atoms. The molecule has 0 aliphatic rings. The first-order valence-electron chi connectivity index (χ1n) is 9.42. The van der Waals surface area contributed by atoms with E-state index in [1.54, 1.807) is 0 Å². The smallest absolute Gasteiger partial charge is 0.227 e. The minimum atomic E-state index is 0. The van der Waals surface area contributed by atoms with Crippen molar-refractivity contribution >= 4 is 17.5 Å². The van der Waals surface area contributed by atoms with Crippen molar-refractivity contribution in [1.82, 2.24) is 0 Å². The summed E-state index contributed by atoms with van der Waals surface area (Å²) in [4.78, 5) is 13.8. The number of hydrogen-bond acceptors (Lipinski definition) is 2. The first-order chi connectivity index (χ1) is 13.1. The predicted molar refractivity (Wildman–Crippen MR) is 112 cm³/mol. The van der Waals surface area contributed by atoms with Gasteiger partial charge >= 0.3 is 0 Å². The zero-order valence-electron chi connectivity index (χ0n) is 16.3. The summed E-state index contributed by atoms with van der Waals surface area (Å²) in [7, 11) is 0. The monoisotopic (exact) mass is 455 g/mol. The van der Waals surface area contributed by atoms with Crippen molar-refractivity contribution in [3.8, 4) is 0 Å². The van der Waals surface area contributed by atoms with Gasteiger partial charge in [0.25, 0.3) is 0 Å². The Labute approximate surface area is 182 Å². The highest BCUT2D eigenvalue weighted by Gasteiger charge is 2.15. The number of nitrogens with zero attached hydrogens (tertiary/aromatic N) is 1. The topological polar surface area (TPSA) is 20.9 Å². The average Bonchev–Trinajstić information content (AvgIpc) is 2.70. The van der Waals surface area contributed by atoms with E-state index in [2.05, 4.69) is 48.7 Å². The zero-order chi connectivity index (χ0) is 19.1. The van der Waals surface area contributed by atoms with E-state index in [0.717, 1.165) is 17.7 Å². The fraction of sp³-hybridized carbons (Fsp3) is 0.250. The fourth-order valence-electron chi connectivity index (χ4n) is 2.99. The molecule has 1 heterocycles. The van der Waals surface area contributed by atoms with E-state index in [9.17, 15) is 4.79 Å². The molecule has 3 rings (SSSR count). The molecule has 0 amide bonds. The molecule has 2 aromatic carbocycles. The number of thioether (sulfide) groups is 1. The number of hydrogen-bond donors (Lipinski definition) is 0. The van der Waals surface area contributed by atoms with E-state index in [1.807, 2.05) is 60.4 Å². The Balaban J connectivity index is 0.00000280. The average molecular weight is 456 g/mol. The van der Waals surface area contributed by atoms with Crippen molar-refractivity contribution < 1.29 is 26.3 Å². The Kier molecular flexibility index (Phi) is 8.94. The van der Waals surface area contributed by atoms with Crippen LogP contribution in [0.25, 0.3) is 0 Å². The zero-order valence-corrected chi connectivity index (χ0v) is 18.7. The number of Topliss-reactive ketones (excluding diaryl/α,β-unsaturated/α-hetero) is 1. The third kappa shape index (κ3) is 6.32. The first-order valence-corrected chi connectivity index (χ1v) is 10.4. The van der Waals surface area contributed by atoms with Gasteiger partial charge in [-0.25, -0.2) is 0 Å². The van der Waals surface area contributed by atoms with Crippen LogP contribution in [0.5, 0.6) is 0 Å². The summed E-state index contributed by atoms with van der Waals surface area (Å²) in [6, 6.07) is 24.5. The lowest BCUT2D eigenvalue weighted by Gasteiger charge is -2.07. The summed E-state index contributed by atoms with van der Waals surface area (Å²) in [6.45, 7) is 4.81. The van der Waals surface area contributed by atoms with Crippen molar-refractivity contribution in [3.05, 3.63) is 95.8 Å². The van der Waals surface area contributed by atoms with E-state index >= 15 is 0 Å². The number of benzene rings is 2. The van der Waals surface area contributed by atoms with Gasteiger partial charge in [-0.05, 0) is 23.6 Å². The van der Waals surface area contributed by atoms with Gasteiger partial charge in [-0.2, -0.15) is 4.57 Å². The molecule has 28 heavy (non-hydrogen) atoms. The maximum absolute atomic E-state index is 12.5. The highest BCUT2D eigenvalue weighted by molar-refractivity contribution is 7.99. The van der Waals surface area contributed by atoms with Crippen LogP contribution in [0.1, 0.15) is 41.4 Å². The van der Waals surface area contributed by atoms with E-state index < -0.39 is 0 Å². The van der Waals surface area contributed by atoms with Crippen molar-refractivity contribution in [2.75, 3.05) is 5.75 Å². The molecule has 0 unspecified atom stereocenters. The number of aryl methyl sites for hydroxylation is 1. The Morgan fingerprint density at radius 1 is 0.929 bits per heavy atom. The lowest BCUT2D eigenvalue weighted by Crippen LogP contribution is -3.00. The van der Waals surface area contributed by atoms with Crippen LogP contribution in [0.15, 0.2) is 83.9 Å². The molecule has 0 aliphatic carbocycles. The lowest BCUT2D eigenvalue weighted by molar-refractivity contribution is -0.690. The van der Waals surface area contributed by atoms with Gasteiger partial charge in [0.1, 0.15) is 0 Å². The van der Waals surface area contributed by atoms with Gasteiger partial charge in [-0.15, -0.1) is 11.8 Å². The summed E-state index contributed by atoms with van der Waals surface area (Å²) in [6.07, 6.45) is 2.93. The van der Waals surface area contributed by atoms with Crippen LogP contribution in [0.4, 0.5) is 0 Å². The molecule has 0 aliphatic heterocycles. The molecule has 2 nitrogen and oxygen atoms in total. The molecular weight excluding hydrogens is 430 g/mol. The van der Waals surface area contributed by atoms with Crippen LogP contribution < -0.4 is 21.5 Å². The largest absolute Gasteiger partial charge is 1.00 e. The summed E-state index contributed by atoms with van der Waals surface area (Å²) < 4.78 is 2.07. The Hall–Kier alpha value is -1.91. The maximum atomic E-state index is 12.5. The van der Waals surface area contributed by atoms with E-state index in [4.69, 9.17) is 0 Å². The molecule has 0 N–H and O–H groups in total. The lowest BCUT2D eigenvalue weighted by atomic mass is 10.0. The van der Waals surface area contributed by atoms with Crippen molar-refractivity contribution in [2.24, 2.45) is 0 Å². The summed E-state index contributed by atoms with van der Waals surface area (Å²) >= 11 is 1.86. The molecule has 0 saturated heterocycles. The summed E-state index contributed by atoms with van der Waals surface area (Å²) in [5.74, 6) is 1.70. The molecular formula is C24H26BrNOS. The van der Waals surface area contributed by atoms with Gasteiger partial charge < -0.3 is 17.0 Å². The third-order valence-corrected chi connectivity index (χ3v) is 5.63. The van der Waals surface area contributed by atoms with Gasteiger partial charge in [-0.1, -0.05) is 62.4 Å². The Morgan fingerprint density at radius 3 is 2.29 bits per heavy atom. The second kappa shape index (κ2) is 11.2. The molecule has 146 valence electrons. The SMILES string of the molecule is CC(C)c1ccc(SCCc2cccc[n+]2CC(=O)c2ccccc2)cc1.[Br-]. The molecule has 4 heteroatoms. The number of carbonyl (C=O) groups is 1. The number of halogens is 1. The van der Waals surface area contributed by atoms with E-state index in [0.29, 0.717) is 12.5 Å². The number of ketones is 1. The second-order valence-corrected chi connectivity index (χ2v) is 8.10. The predicted octanol–water partition coefficient (Wildman–Crippen LogP) is 2.32. The van der Waals surface area contributed by atoms with Crippen LogP contribution in [0, 0.1) is 0 Å². The quantitative estimate of drug-likeness (QED) is 0.295. The fourth-order valence-corrected chi connectivity index (χ4v) is 3.86. The minimum Gasteiger partial charge on any atom is -1.00 e. The van der Waals surface area contributed by atoms with Crippen LogP contribution in [0.3, 0.4) is 0 Å². The third-order valence-electron chi connectivity index (χ3n) is 4.62. The van der Waals surface area contributed by atoms with Crippen molar-refractivity contribution in [2.45, 2.75) is 37.6 Å². The van der Waals surface area contributed by atoms with Crippen LogP contribution in [-0.2, 0) is 13.0 Å². The number of carbonyl (C=O) groups excluding carboxylic acids is 1. The first kappa shape index (κ1) is 22.4. The standard InChI is InChI=1S/C24H26NOS.BrH/c1-19(2)20-11-13-23(14-12-20)27-17-15-22-10-6-7-16-25(22)18-24(26)21-8-4-3-5-9-21;/h3-14,16,19H,15,17-18H2,1-2H3;1H/q+1;/p-1. The highest BCUT2D eigenvalue weighted by Crippen LogP contribution is 2.22. The Bertz CT molecular complexity index is 879. The maximum Gasteiger partial charge on any atom is 0.227 e. The van der Waals surface area contributed by atoms with E-state index in [1.165, 1.54) is 16.2 Å². The van der Waals surface area contributed by atoms with Gasteiger partial charge in [0.05, 0.1) is 0 Å². The second-order valence-electron chi connectivity index (χ2n) is 6.93. The minimum absolute atomic E-state index is 0. The molecule has 0 fully saturated rings. The number of rotatable bonds is 8. The number of pyridine rings is 1. The van der Waals surface area contributed by atoms with Crippen molar-refractivity contribution in [1.29, 1.82) is 0 Å². The van der Waals surface area contributed by atoms with E-state index in [-0.39, 0.29) is 22.8 Å². The summed E-state index contributed by atoms with van der Waals surface area (Å²) in [5, 5.41) is 0. The van der Waals surface area contributed by atoms with Gasteiger partial charge in [0, 0.05) is 34.8 Å². The summed E-state index contributed by atoms with van der Waals surface area (Å²) in [5.41, 5.74) is 3.33. The normalized spacial score (nSPS) is 10.5. The van der Waals surface area contributed by atoms with Gasteiger partial charge in [0.2, 0.25) is 12.3 Å². The highest BCUT2D eigenvalue weighted by atomic mass is 79.9. The van der Waals surface area contributed by atoms with Crippen LogP contribution >= 0.6 is 11.8 Å². The van der Waals surface area contributed by atoms with Crippen molar-refractivity contribution in [3.63, 3.8) is 0 Å². The molecule has 0 spiro atoms. The van der Waals surface area contributed by atoms with Crippen LogP contribution in [-0.4, -0.2) is 11.5 Å².